The number of carbonyl (C=O) groups is 4. The number of nitriles is 1. The van der Waals surface area contributed by atoms with Gasteiger partial charge in [0.15, 0.2) is 0 Å². The van der Waals surface area contributed by atoms with Crippen molar-refractivity contribution in [2.24, 2.45) is 5.41 Å². The number of nitrogens with zero attached hydrogens (tertiary/aromatic N) is 9. The summed E-state index contributed by atoms with van der Waals surface area (Å²) in [5, 5.41) is 28.8. The lowest BCUT2D eigenvalue weighted by Gasteiger charge is -2.42. The first-order valence-electron chi connectivity index (χ1n) is 28.3. The van der Waals surface area contributed by atoms with Gasteiger partial charge in [-0.15, -0.1) is 11.3 Å². The van der Waals surface area contributed by atoms with Gasteiger partial charge in [-0.2, -0.15) is 15.2 Å². The van der Waals surface area contributed by atoms with Crippen LogP contribution >= 0.6 is 11.3 Å². The minimum atomic E-state index is -0.979. The first-order chi connectivity index (χ1) is 39.0. The van der Waals surface area contributed by atoms with Crippen LogP contribution in [0.15, 0.2) is 78.8 Å². The van der Waals surface area contributed by atoms with E-state index in [4.69, 9.17) is 24.2 Å². The number of benzene rings is 3. The van der Waals surface area contributed by atoms with Crippen LogP contribution in [0.2, 0.25) is 0 Å². The molecule has 0 bridgehead atoms. The SMILES string of the molecule is C=CC(=O)N1CCN(c2nc(OCCN3CCC(OCCOCC(=O)N[C@H](C(=O)N4C[C@H](O)C[C@H]4C(=O)N[C@@H](C)c4ccc(-c5scnc5C)cc4)C(C)(C)C)CC3)nc3c2CCN(c2cccc4cccc(C)c24)C3)C[C@@H]1CC#N. The number of aryl methyl sites for hydroxylation is 2. The molecule has 3 fully saturated rings. The second-order valence-corrected chi connectivity index (χ2v) is 23.6. The lowest BCUT2D eigenvalue weighted by molar-refractivity contribution is -0.144. The molecule has 4 amide bonds. The largest absolute Gasteiger partial charge is 0.462 e. The lowest BCUT2D eigenvalue weighted by Crippen LogP contribution is -2.58. The van der Waals surface area contributed by atoms with Crippen LogP contribution < -0.4 is 25.2 Å². The summed E-state index contributed by atoms with van der Waals surface area (Å²) in [5.74, 6) is -0.664. The summed E-state index contributed by atoms with van der Waals surface area (Å²) in [4.78, 5) is 79.6. The van der Waals surface area contributed by atoms with Crippen LogP contribution in [0.5, 0.6) is 6.01 Å². The number of thiazole rings is 1. The van der Waals surface area contributed by atoms with E-state index in [9.17, 15) is 29.5 Å². The number of piperidine rings is 1. The van der Waals surface area contributed by atoms with Crippen molar-refractivity contribution < 1.29 is 38.5 Å². The molecule has 0 unspecified atom stereocenters. The molecule has 4 aliphatic rings. The smallest absolute Gasteiger partial charge is 0.318 e. The Morgan fingerprint density at radius 3 is 2.41 bits per heavy atom. The van der Waals surface area contributed by atoms with E-state index in [0.717, 1.165) is 77.7 Å². The van der Waals surface area contributed by atoms with E-state index in [1.54, 1.807) is 16.2 Å². The van der Waals surface area contributed by atoms with Crippen molar-refractivity contribution in [2.75, 3.05) is 88.6 Å². The standard InChI is InChI=1S/C61H77N11O8S/c1-8-53(75)71-28-27-70(34-45(71)19-23-62)57-48-22-26-69(50-14-10-13-43-12-9-11-39(2)54(43)50)36-49(48)65-60(67-57)80-30-29-68-24-20-47(21-25-68)79-32-31-78-37-52(74)66-56(61(5,6)7)59(77)72-35-46(73)33-51(72)58(76)64-40(3)42-15-17-44(18-16-42)55-41(4)63-38-81-55/h8-18,38,40,45-47,51,56,73H,1,19-22,24-37H2,2-7H3,(H,64,76)(H,66,74)/t40-,45-,46+,51-,56+/m0/s1. The van der Waals surface area contributed by atoms with Crippen LogP contribution in [0.1, 0.15) is 87.5 Å². The number of amides is 4. The average molecular weight is 1120 g/mol. The van der Waals surface area contributed by atoms with E-state index in [1.807, 2.05) is 64.4 Å². The van der Waals surface area contributed by atoms with Gasteiger partial charge in [-0.05, 0) is 79.7 Å². The fourth-order valence-corrected chi connectivity index (χ4v) is 12.5. The summed E-state index contributed by atoms with van der Waals surface area (Å²) in [5.41, 5.74) is 8.36. The normalized spacial score (nSPS) is 19.7. The molecule has 2 aromatic heterocycles. The Morgan fingerprint density at radius 2 is 1.69 bits per heavy atom. The predicted octanol–water partition coefficient (Wildman–Crippen LogP) is 6.30. The molecule has 3 N–H and O–H groups in total. The van der Waals surface area contributed by atoms with Crippen LogP contribution in [-0.4, -0.2) is 168 Å². The third-order valence-electron chi connectivity index (χ3n) is 16.1. The fraction of sp³-hybridized carbons (Fsp3) is 0.508. The number of hydrogen-bond acceptors (Lipinski definition) is 16. The summed E-state index contributed by atoms with van der Waals surface area (Å²) in [7, 11) is 0. The van der Waals surface area contributed by atoms with Crippen molar-refractivity contribution in [1.29, 1.82) is 5.26 Å². The van der Waals surface area contributed by atoms with Gasteiger partial charge in [0.25, 0.3) is 0 Å². The van der Waals surface area contributed by atoms with E-state index >= 15 is 0 Å². The number of ether oxygens (including phenoxy) is 3. The highest BCUT2D eigenvalue weighted by molar-refractivity contribution is 7.13. The maximum absolute atomic E-state index is 14.2. The number of fused-ring (bicyclic) bond motifs is 2. The maximum atomic E-state index is 14.2. The van der Waals surface area contributed by atoms with E-state index in [2.05, 4.69) is 86.3 Å². The van der Waals surface area contributed by atoms with E-state index in [-0.39, 0.29) is 62.6 Å². The van der Waals surface area contributed by atoms with Crippen molar-refractivity contribution in [3.63, 3.8) is 0 Å². The van der Waals surface area contributed by atoms with Gasteiger partial charge in [-0.3, -0.25) is 24.1 Å². The molecule has 3 saturated heterocycles. The number of aliphatic hydroxyl groups is 1. The highest BCUT2D eigenvalue weighted by Crippen LogP contribution is 2.37. The number of rotatable bonds is 20. The quantitative estimate of drug-likeness (QED) is 0.0576. The zero-order valence-electron chi connectivity index (χ0n) is 47.6. The molecule has 4 aliphatic heterocycles. The van der Waals surface area contributed by atoms with Gasteiger partial charge in [0.05, 0.1) is 78.3 Å². The molecule has 0 aliphatic carbocycles. The Hall–Kier alpha value is -7.02. The highest BCUT2D eigenvalue weighted by Gasteiger charge is 2.45. The van der Waals surface area contributed by atoms with Crippen LogP contribution in [0.3, 0.4) is 0 Å². The number of β-amino-alcohol motifs (C(OH)–C–C–N with tert-alkyl or cyclic N) is 1. The molecule has 5 atom stereocenters. The Balaban J connectivity index is 0.731. The molecule has 0 saturated carbocycles. The predicted molar refractivity (Wildman–Crippen MR) is 312 cm³/mol. The monoisotopic (exact) mass is 1120 g/mol. The number of piperazine rings is 1. The molecule has 5 aromatic rings. The number of aliphatic hydroxyl groups excluding tert-OH is 1. The Kier molecular flexibility index (Phi) is 19.0. The van der Waals surface area contributed by atoms with Crippen molar-refractivity contribution in [3.05, 3.63) is 107 Å². The van der Waals surface area contributed by atoms with Crippen LogP contribution in [0.25, 0.3) is 21.2 Å². The van der Waals surface area contributed by atoms with Gasteiger partial charge in [0.2, 0.25) is 23.6 Å². The molecule has 6 heterocycles. The summed E-state index contributed by atoms with van der Waals surface area (Å²) >= 11 is 1.57. The summed E-state index contributed by atoms with van der Waals surface area (Å²) in [6.45, 7) is 20.9. The molecule has 19 nitrogen and oxygen atoms in total. The highest BCUT2D eigenvalue weighted by atomic mass is 32.1. The molecule has 20 heteroatoms. The zero-order chi connectivity index (χ0) is 57.4. The summed E-state index contributed by atoms with van der Waals surface area (Å²) in [6.07, 6.45) is 3.09. The van der Waals surface area contributed by atoms with Crippen LogP contribution in [0, 0.1) is 30.6 Å². The first-order valence-corrected chi connectivity index (χ1v) is 29.2. The lowest BCUT2D eigenvalue weighted by atomic mass is 9.85. The third-order valence-corrected chi connectivity index (χ3v) is 17.0. The van der Waals surface area contributed by atoms with Crippen LogP contribution in [-0.2, 0) is 41.6 Å². The van der Waals surface area contributed by atoms with Gasteiger partial charge < -0.3 is 49.6 Å². The summed E-state index contributed by atoms with van der Waals surface area (Å²) < 4.78 is 18.3. The fourth-order valence-electron chi connectivity index (χ4n) is 11.6. The molecular weight excluding hydrogens is 1050 g/mol. The Morgan fingerprint density at radius 1 is 0.926 bits per heavy atom. The third kappa shape index (κ3) is 14.0. The van der Waals surface area contributed by atoms with E-state index < -0.39 is 35.4 Å². The second-order valence-electron chi connectivity index (χ2n) is 22.8. The van der Waals surface area contributed by atoms with Crippen LogP contribution in [0.4, 0.5) is 11.5 Å². The van der Waals surface area contributed by atoms with Gasteiger partial charge in [-0.1, -0.05) is 81.9 Å². The van der Waals surface area contributed by atoms with Crippen molar-refractivity contribution >= 4 is 57.2 Å². The number of likely N-dealkylation sites (tertiary alicyclic amines) is 2. The molecule has 81 heavy (non-hydrogen) atoms. The molecule has 9 rings (SSSR count). The number of aromatic nitrogens is 3. The first kappa shape index (κ1) is 58.6. The average Bonchev–Trinajstić information content (AvgIpc) is 4.20. The van der Waals surface area contributed by atoms with Crippen molar-refractivity contribution in [3.8, 4) is 22.5 Å². The second kappa shape index (κ2) is 26.3. The van der Waals surface area contributed by atoms with Gasteiger partial charge in [0, 0.05) is 75.4 Å². The minimum absolute atomic E-state index is 0.0245. The molecule has 430 valence electrons. The Bertz CT molecular complexity index is 3090. The molecular formula is C61H77N11O8S. The van der Waals surface area contributed by atoms with Gasteiger partial charge in [-0.25, -0.2) is 4.98 Å². The van der Waals surface area contributed by atoms with E-state index in [1.165, 1.54) is 33.0 Å². The molecule has 0 spiro atoms. The van der Waals surface area contributed by atoms with Crippen molar-refractivity contribution in [1.82, 2.24) is 40.3 Å². The number of nitrogens with one attached hydrogen (secondary N) is 2. The number of anilines is 2. The van der Waals surface area contributed by atoms with Gasteiger partial charge >= 0.3 is 6.01 Å². The maximum Gasteiger partial charge on any atom is 0.318 e. The Labute approximate surface area is 479 Å². The topological polar surface area (TPSA) is 219 Å². The minimum Gasteiger partial charge on any atom is -0.462 e. The number of carbonyl (C=O) groups excluding carboxylic acids is 4. The van der Waals surface area contributed by atoms with E-state index in [0.29, 0.717) is 51.9 Å². The number of hydrogen-bond donors (Lipinski definition) is 3. The molecule has 3 aromatic carbocycles. The zero-order valence-corrected chi connectivity index (χ0v) is 48.4. The summed E-state index contributed by atoms with van der Waals surface area (Å²) in [6, 6.07) is 20.8. The van der Waals surface area contributed by atoms with Gasteiger partial charge in [0.1, 0.15) is 31.1 Å². The van der Waals surface area contributed by atoms with Crippen molar-refractivity contribution in [2.45, 2.75) is 117 Å². The molecule has 0 radical (unpaired) electrons.